The minimum atomic E-state index is -5.94. The van der Waals surface area contributed by atoms with Crippen molar-refractivity contribution in [1.29, 1.82) is 0 Å². The Morgan fingerprint density at radius 3 is 2.45 bits per heavy atom. The topological polar surface area (TPSA) is 227 Å². The molecule has 0 bridgehead atoms. The Morgan fingerprint density at radius 2 is 1.94 bits per heavy atom. The van der Waals surface area contributed by atoms with Crippen LogP contribution in [0.3, 0.4) is 0 Å². The molecular formula is C10H16ClFN2O13P4. The van der Waals surface area contributed by atoms with Gasteiger partial charge in [0.15, 0.2) is 6.23 Å². The van der Waals surface area contributed by atoms with Crippen LogP contribution in [0.15, 0.2) is 21.9 Å². The van der Waals surface area contributed by atoms with E-state index < -0.39 is 70.7 Å². The summed E-state index contributed by atoms with van der Waals surface area (Å²) in [5, 5.41) is 10.4. The highest BCUT2D eigenvalue weighted by Crippen LogP contribution is 2.67. The van der Waals surface area contributed by atoms with E-state index in [1.54, 1.807) is 4.98 Å². The number of rotatable bonds is 9. The predicted octanol–water partition coefficient (Wildman–Crippen LogP) is -0.202. The maximum atomic E-state index is 13.8. The van der Waals surface area contributed by atoms with Gasteiger partial charge >= 0.3 is 21.3 Å². The lowest BCUT2D eigenvalue weighted by Crippen LogP contribution is -2.46. The van der Waals surface area contributed by atoms with Gasteiger partial charge in [0.25, 0.3) is 12.8 Å². The van der Waals surface area contributed by atoms with Crippen LogP contribution in [0.1, 0.15) is 8.97 Å². The minimum absolute atomic E-state index is 0.500. The number of hydrogen-bond acceptors (Lipinski definition) is 9. The number of alkyl halides is 2. The number of hydrogen-bond donors (Lipinski definition) is 6. The lowest BCUT2D eigenvalue weighted by molar-refractivity contribution is -0.0467. The first-order chi connectivity index (χ1) is 14.7. The first-order valence-corrected chi connectivity index (χ1v) is 13.8. The molecule has 6 N–H and O–H groups in total. The molecule has 1 aliphatic rings. The Balaban J connectivity index is 2.35. The van der Waals surface area contributed by atoms with Crippen molar-refractivity contribution in [1.82, 2.24) is 9.55 Å². The third kappa shape index (κ3) is 6.86. The van der Waals surface area contributed by atoms with Gasteiger partial charge in [-0.25, -0.2) is 22.6 Å². The Kier molecular flexibility index (Phi) is 7.34. The molecule has 1 aromatic heterocycles. The zero-order valence-electron chi connectivity index (χ0n) is 16.6. The molecule has 0 saturated carbocycles. The average Bonchev–Trinajstić information content (AvgIpc) is 2.83. The van der Waals surface area contributed by atoms with Crippen molar-refractivity contribution < 1.29 is 58.8 Å². The van der Waals surface area contributed by atoms with E-state index >= 15 is 0 Å². The first kappa shape index (κ1) is 23.9. The molecule has 0 radical (unpaired) electrons. The summed E-state index contributed by atoms with van der Waals surface area (Å²) in [7, 11) is -14.2. The smallest absolute Gasteiger partial charge is 0.388 e. The molecule has 3 unspecified atom stereocenters. The molecule has 2 rings (SSSR count). The Hall–Kier alpha value is -0.270. The van der Waals surface area contributed by atoms with E-state index in [0.717, 1.165) is 12.3 Å². The number of aromatic amines is 1. The first-order valence-electron chi connectivity index (χ1n) is 8.51. The summed E-state index contributed by atoms with van der Waals surface area (Å²) in [4.78, 5) is 59.3. The molecule has 178 valence electrons. The van der Waals surface area contributed by atoms with Crippen LogP contribution in [0.5, 0.6) is 0 Å². The van der Waals surface area contributed by atoms with Gasteiger partial charge in [-0.15, -0.1) is 11.6 Å². The number of phosphoric acid groups is 2. The van der Waals surface area contributed by atoms with Crippen molar-refractivity contribution in [3.63, 3.8) is 0 Å². The lowest BCUT2D eigenvalue weighted by atomic mass is 10.00. The highest BCUT2D eigenvalue weighted by molar-refractivity contribution is 7.91. The van der Waals surface area contributed by atoms with Crippen molar-refractivity contribution in [3.8, 4) is 0 Å². The fraction of sp³-hybridized carbons (Fsp3) is 0.600. The lowest BCUT2D eigenvalue weighted by Gasteiger charge is -2.27. The largest absolute Gasteiger partial charge is 0.488 e. The molecule has 0 spiro atoms. The van der Waals surface area contributed by atoms with Crippen LogP contribution in [-0.2, 0) is 27.0 Å². The maximum Gasteiger partial charge on any atom is 0.488 e. The number of H-pyrrole nitrogens is 1. The molecule has 1 aromatic rings. The van der Waals surface area contributed by atoms with E-state index in [4.69, 9.17) is 28.9 Å². The third-order valence-corrected chi connectivity index (χ3v) is 8.45. The number of aliphatic hydroxyl groups excluding tert-OH is 1. The number of phosphoric ester groups is 1. The van der Waals surface area contributed by atoms with Crippen molar-refractivity contribution in [3.05, 3.63) is 33.1 Å². The zero-order valence-corrected chi connectivity index (χ0v) is 19.1. The molecule has 1 saturated heterocycles. The fourth-order valence-corrected chi connectivity index (χ4v) is 6.45. The number of ether oxygens (including phenoxy) is 1. The van der Waals surface area contributed by atoms with Crippen LogP contribution < -0.4 is 11.2 Å². The van der Waals surface area contributed by atoms with E-state index in [2.05, 4.69) is 21.7 Å². The summed E-state index contributed by atoms with van der Waals surface area (Å²) in [6.07, 6.45) is -5.99. The van der Waals surface area contributed by atoms with Gasteiger partial charge in [-0.1, -0.05) is 0 Å². The Morgan fingerprint density at radius 1 is 1.32 bits per heavy atom. The van der Waals surface area contributed by atoms with Crippen LogP contribution in [0, 0.1) is 0 Å². The quantitative estimate of drug-likeness (QED) is 0.172. The van der Waals surface area contributed by atoms with Crippen LogP contribution >= 0.6 is 43.0 Å². The van der Waals surface area contributed by atoms with Gasteiger partial charge < -0.3 is 29.4 Å². The van der Waals surface area contributed by atoms with E-state index in [-0.39, 0.29) is 0 Å². The van der Waals surface area contributed by atoms with Gasteiger partial charge in [-0.2, -0.15) is 4.31 Å². The van der Waals surface area contributed by atoms with Crippen LogP contribution in [0.4, 0.5) is 4.39 Å². The highest BCUT2D eigenvalue weighted by atomic mass is 35.5. The normalized spacial score (nSPS) is 32.0. The average molecular weight is 553 g/mol. The SMILES string of the molecule is [2H]C([2H])(OP(=O)(O)OP(=O)(O)OP(O)(O)=P)[C@H]1O[C@@H](n2ccc(=O)[nH]c2=O)C(Cl)(CF)[C@H]1O. The molecule has 31 heavy (non-hydrogen) atoms. The van der Waals surface area contributed by atoms with Crippen LogP contribution in [0.25, 0.3) is 0 Å². The van der Waals surface area contributed by atoms with Crippen LogP contribution in [0.2, 0.25) is 0 Å². The number of aliphatic hydroxyl groups is 1. The summed E-state index contributed by atoms with van der Waals surface area (Å²) in [6, 6.07) is 0.800. The van der Waals surface area contributed by atoms with Gasteiger partial charge in [0.05, 0.1) is 9.30 Å². The molecule has 0 aliphatic carbocycles. The van der Waals surface area contributed by atoms with E-state index in [1.807, 2.05) is 0 Å². The number of halogens is 2. The number of aromatic nitrogens is 2. The molecule has 0 aromatic carbocycles. The molecule has 1 fully saturated rings. The summed E-state index contributed by atoms with van der Waals surface area (Å²) < 4.78 is 70.2. The van der Waals surface area contributed by atoms with Crippen LogP contribution in [-0.4, -0.2) is 64.5 Å². The van der Waals surface area contributed by atoms with Crippen molar-refractivity contribution >= 4 is 43.0 Å². The van der Waals surface area contributed by atoms with Gasteiger partial charge in [0, 0.05) is 12.3 Å². The molecule has 0 amide bonds. The fourth-order valence-electron chi connectivity index (χ4n) is 2.29. The molecular weight excluding hydrogens is 534 g/mol. The molecule has 1 aliphatic heterocycles. The Labute approximate surface area is 181 Å². The summed E-state index contributed by atoms with van der Waals surface area (Å²) in [5.41, 5.74) is -2.05. The van der Waals surface area contributed by atoms with Gasteiger partial charge in [-0.05, 0) is 8.53 Å². The van der Waals surface area contributed by atoms with Crippen molar-refractivity contribution in [2.45, 2.75) is 23.3 Å². The van der Waals surface area contributed by atoms with Crippen molar-refractivity contribution in [2.75, 3.05) is 13.2 Å². The molecule has 6 atom stereocenters. The standard InChI is InChI=1S/C10H16ClFN2O13P4/c11-10(4-12)7(16)5(25-8(10)14-2-1-6(15)13-9(14)17)3-24-29(18,19)26-30(20,21)27-31(22,23)28/h1-2,5,7-8,16,22-23,28H,3-4H2,(H,18,19)(H,20,21)(H,13,15,17)/t5-,7+,8-,10?/m1/s1/i3D2. The van der Waals surface area contributed by atoms with Gasteiger partial charge in [0.2, 0.25) is 0 Å². The predicted molar refractivity (Wildman–Crippen MR) is 103 cm³/mol. The zero-order chi connectivity index (χ0) is 25.6. The molecule has 2 heterocycles. The summed E-state index contributed by atoms with van der Waals surface area (Å²) >= 11 is 6.02. The van der Waals surface area contributed by atoms with Gasteiger partial charge in [0.1, 0.15) is 23.8 Å². The van der Waals surface area contributed by atoms with E-state index in [1.165, 1.54) is 0 Å². The second-order valence-electron chi connectivity index (χ2n) is 5.79. The second kappa shape index (κ2) is 9.54. The molecule has 15 nitrogen and oxygen atoms in total. The Bertz CT molecular complexity index is 1160. The molecule has 21 heteroatoms. The van der Waals surface area contributed by atoms with E-state index in [9.17, 15) is 38.0 Å². The van der Waals surface area contributed by atoms with Gasteiger partial charge in [-0.3, -0.25) is 18.9 Å². The summed E-state index contributed by atoms with van der Waals surface area (Å²) in [5.74, 6) is 0. The maximum absolute atomic E-state index is 13.8. The third-order valence-electron chi connectivity index (χ3n) is 3.48. The number of nitrogens with zero attached hydrogens (tertiary/aromatic N) is 1. The van der Waals surface area contributed by atoms with E-state index in [0.29, 0.717) is 4.57 Å². The highest BCUT2D eigenvalue weighted by Gasteiger charge is 2.57. The monoisotopic (exact) mass is 552 g/mol. The summed E-state index contributed by atoms with van der Waals surface area (Å²) in [6.45, 7) is -5.27. The second-order valence-corrected chi connectivity index (χ2v) is 12.7. The minimum Gasteiger partial charge on any atom is -0.388 e. The van der Waals surface area contributed by atoms with Crippen molar-refractivity contribution in [2.24, 2.45) is 0 Å². The number of nitrogens with one attached hydrogen (secondary N) is 1.